The van der Waals surface area contributed by atoms with E-state index >= 15 is 0 Å². The molecular weight excluding hydrogens is 274 g/mol. The third-order valence-electron chi connectivity index (χ3n) is 3.70. The first-order valence-corrected chi connectivity index (χ1v) is 7.74. The first-order chi connectivity index (χ1) is 10.6. The van der Waals surface area contributed by atoms with Crippen LogP contribution in [0.4, 0.5) is 0 Å². The van der Waals surface area contributed by atoms with Gasteiger partial charge in [-0.25, -0.2) is 0 Å². The van der Waals surface area contributed by atoms with Gasteiger partial charge in [0.1, 0.15) is 0 Å². The van der Waals surface area contributed by atoms with Gasteiger partial charge in [0.15, 0.2) is 11.5 Å². The molecule has 0 radical (unpaired) electrons. The van der Waals surface area contributed by atoms with Crippen molar-refractivity contribution in [3.63, 3.8) is 0 Å². The average molecular weight is 299 g/mol. The van der Waals surface area contributed by atoms with Gasteiger partial charge in [-0.15, -0.1) is 0 Å². The molecular formula is C19H25NO2. The Balaban J connectivity index is 2.06. The predicted molar refractivity (Wildman–Crippen MR) is 90.1 cm³/mol. The zero-order valence-electron chi connectivity index (χ0n) is 13.5. The van der Waals surface area contributed by atoms with Crippen LogP contribution in [0.2, 0.25) is 0 Å². The molecule has 3 nitrogen and oxygen atoms in total. The Morgan fingerprint density at radius 3 is 2.41 bits per heavy atom. The van der Waals surface area contributed by atoms with Crippen molar-refractivity contribution in [2.45, 2.75) is 32.9 Å². The second-order valence-electron chi connectivity index (χ2n) is 5.98. The quantitative estimate of drug-likeness (QED) is 0.802. The second kappa shape index (κ2) is 7.85. The molecule has 0 bridgehead atoms. The summed E-state index contributed by atoms with van der Waals surface area (Å²) in [4.78, 5) is 0. The van der Waals surface area contributed by atoms with Crippen LogP contribution >= 0.6 is 0 Å². The minimum Gasteiger partial charge on any atom is -0.504 e. The standard InChI is InChI=1S/C19H25NO2/c1-14(2)11-17(16-7-5-4-6-8-16)20-13-15-9-10-19(22-3)18(21)12-15/h4-10,12,14,17,20-21H,11,13H2,1-3H3. The Morgan fingerprint density at radius 2 is 1.82 bits per heavy atom. The van der Waals surface area contributed by atoms with Crippen LogP contribution in [-0.2, 0) is 6.54 Å². The molecule has 22 heavy (non-hydrogen) atoms. The number of nitrogens with one attached hydrogen (secondary N) is 1. The fraction of sp³-hybridized carbons (Fsp3) is 0.368. The van der Waals surface area contributed by atoms with Crippen LogP contribution in [0.25, 0.3) is 0 Å². The molecule has 0 aliphatic rings. The van der Waals surface area contributed by atoms with Gasteiger partial charge < -0.3 is 15.2 Å². The lowest BCUT2D eigenvalue weighted by molar-refractivity contribution is 0.372. The van der Waals surface area contributed by atoms with Gasteiger partial charge in [-0.2, -0.15) is 0 Å². The Kier molecular flexibility index (Phi) is 5.84. The molecule has 0 aliphatic heterocycles. The van der Waals surface area contributed by atoms with Crippen LogP contribution < -0.4 is 10.1 Å². The molecule has 0 heterocycles. The fourth-order valence-electron chi connectivity index (χ4n) is 2.58. The highest BCUT2D eigenvalue weighted by Gasteiger charge is 2.13. The smallest absolute Gasteiger partial charge is 0.160 e. The maximum Gasteiger partial charge on any atom is 0.160 e. The number of phenols is 1. The minimum atomic E-state index is 0.182. The highest BCUT2D eigenvalue weighted by atomic mass is 16.5. The first kappa shape index (κ1) is 16.4. The van der Waals surface area contributed by atoms with E-state index in [0.29, 0.717) is 24.3 Å². The number of phenolic OH excluding ortho intramolecular Hbond substituents is 1. The molecule has 0 saturated carbocycles. The Morgan fingerprint density at radius 1 is 1.09 bits per heavy atom. The molecule has 0 fully saturated rings. The van der Waals surface area contributed by atoms with Crippen molar-refractivity contribution >= 4 is 0 Å². The van der Waals surface area contributed by atoms with Crippen molar-refractivity contribution in [2.24, 2.45) is 5.92 Å². The summed E-state index contributed by atoms with van der Waals surface area (Å²) in [7, 11) is 1.56. The lowest BCUT2D eigenvalue weighted by atomic mass is 9.97. The van der Waals surface area contributed by atoms with Gasteiger partial charge in [0.25, 0.3) is 0 Å². The molecule has 2 N–H and O–H groups in total. The van der Waals surface area contributed by atoms with Crippen molar-refractivity contribution in [3.05, 3.63) is 59.7 Å². The maximum absolute atomic E-state index is 9.87. The summed E-state index contributed by atoms with van der Waals surface area (Å²) in [5, 5.41) is 13.5. The monoisotopic (exact) mass is 299 g/mol. The summed E-state index contributed by atoms with van der Waals surface area (Å²) in [6.45, 7) is 5.18. The SMILES string of the molecule is COc1ccc(CNC(CC(C)C)c2ccccc2)cc1O. The molecule has 2 rings (SSSR count). The van der Waals surface area contributed by atoms with E-state index in [1.165, 1.54) is 5.56 Å². The van der Waals surface area contributed by atoms with Crippen molar-refractivity contribution in [2.75, 3.05) is 7.11 Å². The molecule has 0 spiro atoms. The topological polar surface area (TPSA) is 41.5 Å². The van der Waals surface area contributed by atoms with Gasteiger partial charge in [-0.05, 0) is 35.6 Å². The number of benzene rings is 2. The molecule has 2 aromatic rings. The molecule has 0 amide bonds. The number of rotatable bonds is 7. The average Bonchev–Trinajstić information content (AvgIpc) is 2.52. The Hall–Kier alpha value is -2.00. The van der Waals surface area contributed by atoms with E-state index in [2.05, 4.69) is 43.4 Å². The largest absolute Gasteiger partial charge is 0.504 e. The normalized spacial score (nSPS) is 12.4. The van der Waals surface area contributed by atoms with Gasteiger partial charge in [0.05, 0.1) is 7.11 Å². The van der Waals surface area contributed by atoms with Crippen LogP contribution in [-0.4, -0.2) is 12.2 Å². The summed E-state index contributed by atoms with van der Waals surface area (Å²) in [6.07, 6.45) is 1.08. The van der Waals surface area contributed by atoms with E-state index < -0.39 is 0 Å². The van der Waals surface area contributed by atoms with Gasteiger partial charge in [-0.1, -0.05) is 50.2 Å². The third kappa shape index (κ3) is 4.50. The van der Waals surface area contributed by atoms with Crippen LogP contribution in [0.15, 0.2) is 48.5 Å². The van der Waals surface area contributed by atoms with E-state index in [9.17, 15) is 5.11 Å². The fourth-order valence-corrected chi connectivity index (χ4v) is 2.58. The third-order valence-corrected chi connectivity index (χ3v) is 3.70. The zero-order chi connectivity index (χ0) is 15.9. The number of methoxy groups -OCH3 is 1. The minimum absolute atomic E-state index is 0.182. The Bertz CT molecular complexity index is 581. The number of hydrogen-bond acceptors (Lipinski definition) is 3. The molecule has 0 aromatic heterocycles. The van der Waals surface area contributed by atoms with E-state index in [4.69, 9.17) is 4.74 Å². The molecule has 1 unspecified atom stereocenters. The number of hydrogen-bond donors (Lipinski definition) is 2. The first-order valence-electron chi connectivity index (χ1n) is 7.74. The molecule has 0 aliphatic carbocycles. The summed E-state index contributed by atoms with van der Waals surface area (Å²) in [5.74, 6) is 1.30. The van der Waals surface area contributed by atoms with E-state index in [0.717, 1.165) is 12.0 Å². The lowest BCUT2D eigenvalue weighted by Crippen LogP contribution is -2.22. The van der Waals surface area contributed by atoms with E-state index in [1.54, 1.807) is 19.2 Å². The van der Waals surface area contributed by atoms with Gasteiger partial charge in [-0.3, -0.25) is 0 Å². The molecule has 118 valence electrons. The van der Waals surface area contributed by atoms with Crippen molar-refractivity contribution in [1.82, 2.24) is 5.32 Å². The predicted octanol–water partition coefficient (Wildman–Crippen LogP) is 4.28. The summed E-state index contributed by atoms with van der Waals surface area (Å²) in [5.41, 5.74) is 2.34. The maximum atomic E-state index is 9.87. The van der Waals surface area contributed by atoms with Crippen molar-refractivity contribution in [1.29, 1.82) is 0 Å². The van der Waals surface area contributed by atoms with Crippen LogP contribution in [0.3, 0.4) is 0 Å². The molecule has 2 aromatic carbocycles. The van der Waals surface area contributed by atoms with E-state index in [-0.39, 0.29) is 5.75 Å². The number of ether oxygens (including phenoxy) is 1. The zero-order valence-corrected chi connectivity index (χ0v) is 13.5. The van der Waals surface area contributed by atoms with Crippen molar-refractivity contribution in [3.8, 4) is 11.5 Å². The van der Waals surface area contributed by atoms with Crippen LogP contribution in [0.1, 0.15) is 37.4 Å². The molecule has 3 heteroatoms. The highest BCUT2D eigenvalue weighted by molar-refractivity contribution is 5.41. The highest BCUT2D eigenvalue weighted by Crippen LogP contribution is 2.27. The second-order valence-corrected chi connectivity index (χ2v) is 5.98. The summed E-state index contributed by atoms with van der Waals surface area (Å²) >= 11 is 0. The molecule has 0 saturated heterocycles. The van der Waals surface area contributed by atoms with E-state index in [1.807, 2.05) is 12.1 Å². The van der Waals surface area contributed by atoms with Crippen molar-refractivity contribution < 1.29 is 9.84 Å². The van der Waals surface area contributed by atoms with Gasteiger partial charge >= 0.3 is 0 Å². The number of aromatic hydroxyl groups is 1. The molecule has 1 atom stereocenters. The van der Waals surface area contributed by atoms with Gasteiger partial charge in [0, 0.05) is 12.6 Å². The summed E-state index contributed by atoms with van der Waals surface area (Å²) < 4.78 is 5.08. The summed E-state index contributed by atoms with van der Waals surface area (Å²) in [6, 6.07) is 16.3. The lowest BCUT2D eigenvalue weighted by Gasteiger charge is -2.21. The van der Waals surface area contributed by atoms with Crippen LogP contribution in [0, 0.1) is 5.92 Å². The van der Waals surface area contributed by atoms with Crippen LogP contribution in [0.5, 0.6) is 11.5 Å². The van der Waals surface area contributed by atoms with Gasteiger partial charge in [0.2, 0.25) is 0 Å². The Labute approximate surface area is 133 Å².